The maximum Gasteiger partial charge on any atom is 0.348 e. The fourth-order valence-corrected chi connectivity index (χ4v) is 4.97. The first-order chi connectivity index (χ1) is 15.4. The maximum absolute atomic E-state index is 13.7. The molecule has 6 nitrogen and oxygen atoms in total. The number of halogens is 1. The highest BCUT2D eigenvalue weighted by Gasteiger charge is 2.21. The van der Waals surface area contributed by atoms with E-state index in [2.05, 4.69) is 29.0 Å². The molecular weight excluding hydrogens is 427 g/mol. The lowest BCUT2D eigenvalue weighted by atomic mass is 9.97. The Hall–Kier alpha value is -2.19. The van der Waals surface area contributed by atoms with E-state index in [0.29, 0.717) is 22.8 Å². The van der Waals surface area contributed by atoms with Crippen molar-refractivity contribution in [3.63, 3.8) is 0 Å². The quantitative estimate of drug-likeness (QED) is 0.428. The largest absolute Gasteiger partial charge is 0.348 e. The van der Waals surface area contributed by atoms with Crippen molar-refractivity contribution in [3.8, 4) is 0 Å². The SMILES string of the molecule is CCN(CC)CCCn1c2c(c(SCC(=O)Nc3ccc(C)c(F)c3)nc1=O)CCCC2. The average Bonchev–Trinajstić information content (AvgIpc) is 2.79. The zero-order valence-electron chi connectivity index (χ0n) is 19.2. The van der Waals surface area contributed by atoms with Crippen molar-refractivity contribution in [2.75, 3.05) is 30.7 Å². The number of aromatic nitrogens is 2. The Morgan fingerprint density at radius 3 is 2.72 bits per heavy atom. The topological polar surface area (TPSA) is 67.2 Å². The highest BCUT2D eigenvalue weighted by Crippen LogP contribution is 2.28. The Morgan fingerprint density at radius 1 is 1.25 bits per heavy atom. The van der Waals surface area contributed by atoms with Gasteiger partial charge >= 0.3 is 5.69 Å². The zero-order valence-corrected chi connectivity index (χ0v) is 20.1. The van der Waals surface area contributed by atoms with Crippen LogP contribution in [0, 0.1) is 12.7 Å². The van der Waals surface area contributed by atoms with Crippen LogP contribution in [0.25, 0.3) is 0 Å². The maximum atomic E-state index is 13.7. The molecule has 1 aromatic carbocycles. The van der Waals surface area contributed by atoms with Crippen molar-refractivity contribution >= 4 is 23.4 Å². The van der Waals surface area contributed by atoms with E-state index in [0.717, 1.165) is 63.0 Å². The molecule has 1 heterocycles. The van der Waals surface area contributed by atoms with Gasteiger partial charge in [0, 0.05) is 23.5 Å². The van der Waals surface area contributed by atoms with E-state index < -0.39 is 0 Å². The van der Waals surface area contributed by atoms with Crippen molar-refractivity contribution < 1.29 is 9.18 Å². The van der Waals surface area contributed by atoms with Crippen LogP contribution in [-0.2, 0) is 24.2 Å². The molecular formula is C24H33FN4O2S. The van der Waals surface area contributed by atoms with Gasteiger partial charge in [-0.25, -0.2) is 9.18 Å². The van der Waals surface area contributed by atoms with Gasteiger partial charge < -0.3 is 10.2 Å². The third kappa shape index (κ3) is 6.19. The minimum Gasteiger partial charge on any atom is -0.325 e. The predicted molar refractivity (Wildman–Crippen MR) is 128 cm³/mol. The van der Waals surface area contributed by atoms with Crippen LogP contribution in [0.5, 0.6) is 0 Å². The molecule has 1 N–H and O–H groups in total. The minimum atomic E-state index is -0.351. The Bertz CT molecular complexity index is 1000. The number of anilines is 1. The fourth-order valence-electron chi connectivity index (χ4n) is 4.09. The van der Waals surface area contributed by atoms with E-state index in [9.17, 15) is 14.0 Å². The van der Waals surface area contributed by atoms with Gasteiger partial charge in [-0.2, -0.15) is 4.98 Å². The molecule has 0 spiro atoms. The van der Waals surface area contributed by atoms with Crippen LogP contribution in [0.3, 0.4) is 0 Å². The monoisotopic (exact) mass is 460 g/mol. The second kappa shape index (κ2) is 11.6. The number of carbonyl (C=O) groups excluding carboxylic acids is 1. The Kier molecular flexibility index (Phi) is 8.87. The van der Waals surface area contributed by atoms with Crippen LogP contribution in [0.4, 0.5) is 10.1 Å². The number of benzene rings is 1. The lowest BCUT2D eigenvalue weighted by molar-refractivity contribution is -0.113. The molecule has 1 aliphatic carbocycles. The molecule has 0 unspecified atom stereocenters. The molecule has 3 rings (SSSR count). The standard InChI is InChI=1S/C24H33FN4O2S/c1-4-28(5-2)13-8-14-29-21-10-7-6-9-19(21)23(27-24(29)31)32-16-22(30)26-18-12-11-17(3)20(25)15-18/h11-12,15H,4-10,13-14,16H2,1-3H3,(H,26,30). The number of rotatable bonds is 10. The van der Waals surface area contributed by atoms with E-state index in [1.165, 1.54) is 17.8 Å². The predicted octanol–water partition coefficient (Wildman–Crippen LogP) is 4.03. The van der Waals surface area contributed by atoms with Gasteiger partial charge in [0.25, 0.3) is 0 Å². The molecule has 0 saturated carbocycles. The van der Waals surface area contributed by atoms with Gasteiger partial charge in [0.2, 0.25) is 5.91 Å². The first-order valence-corrected chi connectivity index (χ1v) is 12.4. The summed E-state index contributed by atoms with van der Waals surface area (Å²) in [5.74, 6) is -0.468. The summed E-state index contributed by atoms with van der Waals surface area (Å²) >= 11 is 1.29. The normalized spacial score (nSPS) is 13.3. The van der Waals surface area contributed by atoms with Crippen LogP contribution < -0.4 is 11.0 Å². The molecule has 0 saturated heterocycles. The lowest BCUT2D eigenvalue weighted by Gasteiger charge is -2.23. The summed E-state index contributed by atoms with van der Waals surface area (Å²) in [6.07, 6.45) is 4.80. The number of fused-ring (bicyclic) bond motifs is 1. The first kappa shape index (κ1) is 24.5. The van der Waals surface area contributed by atoms with Crippen molar-refractivity contribution in [1.82, 2.24) is 14.5 Å². The Morgan fingerprint density at radius 2 is 2.00 bits per heavy atom. The highest BCUT2D eigenvalue weighted by molar-refractivity contribution is 8.00. The molecule has 174 valence electrons. The van der Waals surface area contributed by atoms with Crippen molar-refractivity contribution in [1.29, 1.82) is 0 Å². The van der Waals surface area contributed by atoms with Crippen LogP contribution in [-0.4, -0.2) is 45.7 Å². The van der Waals surface area contributed by atoms with E-state index in [-0.39, 0.29) is 23.2 Å². The Labute approximate surface area is 193 Å². The molecule has 1 aliphatic rings. The summed E-state index contributed by atoms with van der Waals surface area (Å²) < 4.78 is 15.6. The van der Waals surface area contributed by atoms with Gasteiger partial charge in [-0.1, -0.05) is 31.7 Å². The van der Waals surface area contributed by atoms with Gasteiger partial charge in [-0.05, 0) is 76.4 Å². The molecule has 1 aromatic heterocycles. The Balaban J connectivity index is 1.69. The summed E-state index contributed by atoms with van der Waals surface area (Å²) in [5, 5.41) is 3.38. The van der Waals surface area contributed by atoms with Gasteiger partial charge in [-0.3, -0.25) is 9.36 Å². The summed E-state index contributed by atoms with van der Waals surface area (Å²) in [5.41, 5.74) is 2.93. The second-order valence-electron chi connectivity index (χ2n) is 8.16. The number of nitrogens with zero attached hydrogens (tertiary/aromatic N) is 3. The molecule has 0 atom stereocenters. The number of hydrogen-bond acceptors (Lipinski definition) is 5. The summed E-state index contributed by atoms with van der Waals surface area (Å²) in [6.45, 7) is 9.63. The third-order valence-electron chi connectivity index (χ3n) is 6.00. The van der Waals surface area contributed by atoms with Crippen LogP contribution in [0.2, 0.25) is 0 Å². The molecule has 0 aliphatic heterocycles. The van der Waals surface area contributed by atoms with Gasteiger partial charge in [0.1, 0.15) is 10.8 Å². The molecule has 0 bridgehead atoms. The fraction of sp³-hybridized carbons (Fsp3) is 0.542. The number of carbonyl (C=O) groups is 1. The molecule has 0 radical (unpaired) electrons. The summed E-state index contributed by atoms with van der Waals surface area (Å²) in [6, 6.07) is 4.63. The molecule has 0 fully saturated rings. The zero-order chi connectivity index (χ0) is 23.1. The number of amides is 1. The average molecular weight is 461 g/mol. The van der Waals surface area contributed by atoms with Crippen LogP contribution >= 0.6 is 11.8 Å². The number of hydrogen-bond donors (Lipinski definition) is 1. The number of aryl methyl sites for hydroxylation is 1. The van der Waals surface area contributed by atoms with E-state index in [1.54, 1.807) is 19.1 Å². The van der Waals surface area contributed by atoms with Crippen LogP contribution in [0.15, 0.2) is 28.0 Å². The van der Waals surface area contributed by atoms with E-state index in [1.807, 2.05) is 4.57 Å². The van der Waals surface area contributed by atoms with Crippen molar-refractivity contribution in [2.45, 2.75) is 64.4 Å². The van der Waals surface area contributed by atoms with E-state index in [4.69, 9.17) is 0 Å². The lowest BCUT2D eigenvalue weighted by Crippen LogP contribution is -2.32. The number of thioether (sulfide) groups is 1. The van der Waals surface area contributed by atoms with Crippen LogP contribution in [0.1, 0.15) is 49.9 Å². The first-order valence-electron chi connectivity index (χ1n) is 11.5. The molecule has 8 heteroatoms. The van der Waals surface area contributed by atoms with E-state index >= 15 is 0 Å². The number of nitrogens with one attached hydrogen (secondary N) is 1. The van der Waals surface area contributed by atoms with Gasteiger partial charge in [0.05, 0.1) is 5.75 Å². The minimum absolute atomic E-state index is 0.125. The van der Waals surface area contributed by atoms with Crippen molar-refractivity contribution in [2.24, 2.45) is 0 Å². The third-order valence-corrected chi connectivity index (χ3v) is 7.01. The molecule has 32 heavy (non-hydrogen) atoms. The summed E-state index contributed by atoms with van der Waals surface area (Å²) in [4.78, 5) is 31.9. The smallest absolute Gasteiger partial charge is 0.325 e. The van der Waals surface area contributed by atoms with Gasteiger partial charge in [0.15, 0.2) is 0 Å². The summed E-state index contributed by atoms with van der Waals surface area (Å²) in [7, 11) is 0. The molecule has 2 aromatic rings. The highest BCUT2D eigenvalue weighted by atomic mass is 32.2. The molecule has 1 amide bonds. The van der Waals surface area contributed by atoms with Gasteiger partial charge in [-0.15, -0.1) is 0 Å². The second-order valence-corrected chi connectivity index (χ2v) is 9.13. The van der Waals surface area contributed by atoms with Crippen molar-refractivity contribution in [3.05, 3.63) is 51.3 Å².